The molecule has 10 aromatic rings. The van der Waals surface area contributed by atoms with Gasteiger partial charge < -0.3 is 69.2 Å². The number of hydrogen-bond acceptors (Lipinski definition) is 17. The number of rotatable bonds is 11. The van der Waals surface area contributed by atoms with Crippen LogP contribution in [0.25, 0.3) is 77.0 Å². The second-order valence-corrected chi connectivity index (χ2v) is 26.1. The van der Waals surface area contributed by atoms with E-state index < -0.39 is 131 Å². The Hall–Kier alpha value is -11.2. The van der Waals surface area contributed by atoms with Gasteiger partial charge in [0.2, 0.25) is 23.5 Å². The van der Waals surface area contributed by atoms with Crippen molar-refractivity contribution >= 4 is 119 Å². The van der Waals surface area contributed by atoms with Gasteiger partial charge in [0.05, 0.1) is 65.8 Å². The summed E-state index contributed by atoms with van der Waals surface area (Å²) in [5.74, 6) is -10.7. The molecular weight excluding hydrogens is 1410 g/mol. The zero-order chi connectivity index (χ0) is 72.3. The fraction of sp³-hybridized carbons (Fsp3) is 0.219. The first-order valence-corrected chi connectivity index (χ1v) is 33.5. The van der Waals surface area contributed by atoms with Crippen molar-refractivity contribution in [1.82, 2.24) is 34.6 Å². The lowest BCUT2D eigenvalue weighted by molar-refractivity contribution is -0.127. The monoisotopic (exact) mass is 1470 g/mol. The van der Waals surface area contributed by atoms with E-state index in [9.17, 15) is 34.5 Å². The number of aromatic hydroxyl groups is 3. The van der Waals surface area contributed by atoms with Gasteiger partial charge in [0, 0.05) is 129 Å². The van der Waals surface area contributed by atoms with Gasteiger partial charge >= 0.3 is 0 Å². The molecular formula is C73H56Cl3F6N11O10. The molecule has 3 fully saturated rings. The van der Waals surface area contributed by atoms with Crippen LogP contribution in [0.5, 0.6) is 34.6 Å². The molecule has 5 aliphatic heterocycles. The fourth-order valence-corrected chi connectivity index (χ4v) is 15.3. The Labute approximate surface area is 595 Å². The normalized spacial score (nSPS) is 16.8. The molecule has 3 amide bonds. The van der Waals surface area contributed by atoms with Gasteiger partial charge in [-0.05, 0) is 72.8 Å². The SMILES string of the molecule is C=CC(=O)N1CCN(c2c3c(nc4c(F)c(-c5c(O)cccc5F)c(Cl)cc24)NC(c2ccc(F)c(-c4c(Cl)cc5c(N6CCN(C(=O)C=C)CC6)c6c(nc5c4F)OC(c4ccc(F)c(-c5c(Cl)cc7c(N8CCN(C(=O)C=C)CC8)c8c(=O)[nH]ccc8nc7c5F)c4O)CO6)c2O)CO3)CC1. The number of halogens is 9. The molecule has 0 aliphatic carbocycles. The van der Waals surface area contributed by atoms with Gasteiger partial charge in [0.1, 0.15) is 64.5 Å². The highest BCUT2D eigenvalue weighted by Crippen LogP contribution is 2.55. The first kappa shape index (κ1) is 67.7. The number of fused-ring (bicyclic) bond motifs is 6. The number of aromatic nitrogens is 4. The lowest BCUT2D eigenvalue weighted by Crippen LogP contribution is -2.48. The van der Waals surface area contributed by atoms with Crippen LogP contribution in [0.2, 0.25) is 15.1 Å². The van der Waals surface area contributed by atoms with Crippen molar-refractivity contribution in [2.75, 3.05) is 112 Å². The molecule has 2 atom stereocenters. The van der Waals surface area contributed by atoms with Crippen LogP contribution < -0.4 is 39.8 Å². The molecule has 3 saturated heterocycles. The van der Waals surface area contributed by atoms with Crippen LogP contribution in [-0.4, -0.2) is 159 Å². The number of anilines is 4. The lowest BCUT2D eigenvalue weighted by Gasteiger charge is -2.38. The molecule has 0 saturated carbocycles. The smallest absolute Gasteiger partial charge is 0.260 e. The van der Waals surface area contributed by atoms with Crippen LogP contribution in [0, 0.1) is 34.9 Å². The van der Waals surface area contributed by atoms with E-state index in [-0.39, 0.29) is 191 Å². The fourth-order valence-electron chi connectivity index (χ4n) is 14.4. The summed E-state index contributed by atoms with van der Waals surface area (Å²) in [6, 6.07) is 11.9. The minimum absolute atomic E-state index is 0.00261. The van der Waals surface area contributed by atoms with Gasteiger partial charge in [-0.15, -0.1) is 0 Å². The van der Waals surface area contributed by atoms with E-state index in [2.05, 4.69) is 45.0 Å². The van der Waals surface area contributed by atoms with Crippen molar-refractivity contribution in [2.24, 2.45) is 0 Å². The van der Waals surface area contributed by atoms with E-state index in [1.165, 1.54) is 59.6 Å². The van der Waals surface area contributed by atoms with E-state index in [4.69, 9.17) is 49.0 Å². The number of pyridine rings is 4. The number of nitrogens with zero attached hydrogens (tertiary/aromatic N) is 9. The Kier molecular flexibility index (Phi) is 17.3. The number of nitrogens with one attached hydrogen (secondary N) is 2. The molecule has 0 spiro atoms. The number of piperazine rings is 3. The Bertz CT molecular complexity index is 5420. The molecule has 103 heavy (non-hydrogen) atoms. The molecule has 0 bridgehead atoms. The maximum atomic E-state index is 18.3. The Morgan fingerprint density at radius 2 is 0.971 bits per heavy atom. The van der Waals surface area contributed by atoms with Gasteiger partial charge in [0.25, 0.3) is 11.4 Å². The predicted octanol–water partition coefficient (Wildman–Crippen LogP) is 12.6. The summed E-state index contributed by atoms with van der Waals surface area (Å²) in [6.07, 6.45) is 3.44. The Morgan fingerprint density at radius 3 is 1.50 bits per heavy atom. The van der Waals surface area contributed by atoms with E-state index >= 15 is 26.3 Å². The van der Waals surface area contributed by atoms with Crippen LogP contribution in [-0.2, 0) is 14.4 Å². The summed E-state index contributed by atoms with van der Waals surface area (Å²) >= 11 is 20.9. The maximum Gasteiger partial charge on any atom is 0.260 e. The molecule has 4 aromatic heterocycles. The van der Waals surface area contributed by atoms with Crippen molar-refractivity contribution in [1.29, 1.82) is 0 Å². The van der Waals surface area contributed by atoms with Crippen molar-refractivity contribution in [3.05, 3.63) is 182 Å². The number of hydrogen-bond donors (Lipinski definition) is 5. The van der Waals surface area contributed by atoms with Gasteiger partial charge in [0.15, 0.2) is 35.1 Å². The average Bonchev–Trinajstić information content (AvgIpc) is 0.738. The highest BCUT2D eigenvalue weighted by Gasteiger charge is 2.40. The number of aromatic amines is 1. The standard InChI is InChI=1S/C73H56Cl3F6N11O10/c1-4-48(95)88-16-22-91(23-17-88)64-35-28-39(75)53(59(81)61(35)84-44-14-15-83-72(100)57(44)64)56-43(79)13-11-34(68(56)99)47-32-102-70-66(93-26-20-90(21-27-93)50(97)6-3)37-30-40(76)52(60(82)63(37)87-73(70)103-47)55-42(78)12-10-33(67(55)98)45-31-101-69-65(92-24-18-89(19-25-92)49(96)5-2)36-29-38(74)51(54-41(77)8-7-9-46(54)94)58(80)62(36)86-71(69)85-45/h4-15,28-30,45,47,94,98-99H,1-3,16-27,31-32H2,(H,83,100)(H,85,86). The second kappa shape index (κ2) is 26.3. The number of H-pyrrole nitrogens is 1. The van der Waals surface area contributed by atoms with Crippen LogP contribution in [0.4, 0.5) is 49.2 Å². The third-order valence-corrected chi connectivity index (χ3v) is 20.3. The summed E-state index contributed by atoms with van der Waals surface area (Å²) in [4.78, 5) is 78.1. The summed E-state index contributed by atoms with van der Waals surface area (Å²) in [5.41, 5.74) is -5.08. The lowest BCUT2D eigenvalue weighted by atomic mass is 9.94. The molecule has 5 aliphatic rings. The highest BCUT2D eigenvalue weighted by atomic mass is 35.5. The maximum absolute atomic E-state index is 18.3. The first-order chi connectivity index (χ1) is 49.6. The van der Waals surface area contributed by atoms with Crippen LogP contribution in [0.15, 0.2) is 116 Å². The molecule has 15 rings (SSSR count). The minimum Gasteiger partial charge on any atom is -0.507 e. The quantitative estimate of drug-likeness (QED) is 0.0459. The van der Waals surface area contributed by atoms with Crippen LogP contribution >= 0.6 is 34.8 Å². The number of phenols is 3. The summed E-state index contributed by atoms with van der Waals surface area (Å²) in [5, 5.41) is 38.0. The van der Waals surface area contributed by atoms with Gasteiger partial charge in [-0.2, -0.15) is 0 Å². The minimum atomic E-state index is -1.43. The van der Waals surface area contributed by atoms with Crippen molar-refractivity contribution < 1.29 is 70.3 Å². The number of ether oxygens (including phenoxy) is 3. The third kappa shape index (κ3) is 11.2. The van der Waals surface area contributed by atoms with E-state index in [0.717, 1.165) is 36.4 Å². The molecule has 30 heteroatoms. The molecule has 21 nitrogen and oxygen atoms in total. The largest absolute Gasteiger partial charge is 0.507 e. The van der Waals surface area contributed by atoms with Crippen molar-refractivity contribution in [3.63, 3.8) is 0 Å². The average molecular weight is 1470 g/mol. The van der Waals surface area contributed by atoms with Crippen LogP contribution in [0.1, 0.15) is 23.3 Å². The predicted molar refractivity (Wildman–Crippen MR) is 377 cm³/mol. The molecule has 6 aromatic carbocycles. The Balaban J connectivity index is 0.815. The summed E-state index contributed by atoms with van der Waals surface area (Å²) in [6.45, 7) is 12.2. The third-order valence-electron chi connectivity index (χ3n) is 19.4. The van der Waals surface area contributed by atoms with Crippen molar-refractivity contribution in [3.8, 4) is 68.0 Å². The molecule has 526 valence electrons. The molecule has 2 unspecified atom stereocenters. The van der Waals surface area contributed by atoms with Crippen molar-refractivity contribution in [2.45, 2.75) is 12.1 Å². The number of benzene rings is 6. The molecule has 9 heterocycles. The number of amides is 3. The van der Waals surface area contributed by atoms with Gasteiger partial charge in [-0.25, -0.2) is 41.3 Å². The number of carbonyl (C=O) groups excluding carboxylic acids is 3. The van der Waals surface area contributed by atoms with Gasteiger partial charge in [-0.1, -0.05) is 66.7 Å². The summed E-state index contributed by atoms with van der Waals surface area (Å²) in [7, 11) is 0. The second-order valence-electron chi connectivity index (χ2n) is 24.9. The zero-order valence-corrected chi connectivity index (χ0v) is 56.2. The summed E-state index contributed by atoms with van der Waals surface area (Å²) < 4.78 is 122. The molecule has 5 N–H and O–H groups in total. The van der Waals surface area contributed by atoms with Gasteiger partial charge in [-0.3, -0.25) is 19.2 Å². The van der Waals surface area contributed by atoms with E-state index in [1.807, 2.05) is 4.90 Å². The van der Waals surface area contributed by atoms with E-state index in [0.29, 0.717) is 0 Å². The topological polar surface area (TPSA) is 243 Å². The zero-order valence-electron chi connectivity index (χ0n) is 54.0. The van der Waals surface area contributed by atoms with Crippen LogP contribution in [0.3, 0.4) is 0 Å². The molecule has 0 radical (unpaired) electrons. The number of carbonyl (C=O) groups is 3. The Morgan fingerprint density at radius 1 is 0.524 bits per heavy atom. The number of phenolic OH excluding ortho intramolecular Hbond substituents is 3. The van der Waals surface area contributed by atoms with E-state index in [1.54, 1.807) is 19.6 Å². The highest BCUT2D eigenvalue weighted by molar-refractivity contribution is 6.36. The first-order valence-electron chi connectivity index (χ1n) is 32.3.